The van der Waals surface area contributed by atoms with E-state index in [0.717, 1.165) is 38.5 Å². The summed E-state index contributed by atoms with van der Waals surface area (Å²) in [5.41, 5.74) is 5.36. The number of para-hydroxylation sites is 1. The average molecular weight is 647 g/mol. The zero-order chi connectivity index (χ0) is 34.4. The highest BCUT2D eigenvalue weighted by molar-refractivity contribution is 5.99. The van der Waals surface area contributed by atoms with Crippen LogP contribution in [0.1, 0.15) is 81.5 Å². The maximum atomic E-state index is 12.8. The molecule has 0 aliphatic carbocycles. The van der Waals surface area contributed by atoms with E-state index >= 15 is 0 Å². The Morgan fingerprint density at radius 3 is 1.85 bits per heavy atom. The van der Waals surface area contributed by atoms with Gasteiger partial charge >= 0.3 is 0 Å². The molecule has 256 valence electrons. The van der Waals surface area contributed by atoms with E-state index in [2.05, 4.69) is 89.0 Å². The SMILES string of the molecule is CC/C=C\C/C=C\C/C=C\C/C=C\C/C=C\C/C=C\CCC(=O)NCCNC(=O)[C@H](CCCNC(=N)N)NC(=O)c1ccccc1O. The van der Waals surface area contributed by atoms with Crippen molar-refractivity contribution in [3.8, 4) is 5.75 Å². The topological polar surface area (TPSA) is 169 Å². The van der Waals surface area contributed by atoms with E-state index in [4.69, 9.17) is 11.1 Å². The van der Waals surface area contributed by atoms with Gasteiger partial charge in [-0.3, -0.25) is 19.8 Å². The summed E-state index contributed by atoms with van der Waals surface area (Å²) in [5, 5.41) is 28.1. The number of benzene rings is 1. The fourth-order valence-electron chi connectivity index (χ4n) is 4.15. The van der Waals surface area contributed by atoms with Crippen molar-refractivity contribution in [2.45, 2.75) is 77.2 Å². The third kappa shape index (κ3) is 22.3. The second-order valence-corrected chi connectivity index (χ2v) is 10.6. The van der Waals surface area contributed by atoms with Crippen LogP contribution in [0.3, 0.4) is 0 Å². The van der Waals surface area contributed by atoms with Gasteiger partial charge in [-0.2, -0.15) is 0 Å². The van der Waals surface area contributed by atoms with Gasteiger partial charge in [0.2, 0.25) is 11.8 Å². The summed E-state index contributed by atoms with van der Waals surface area (Å²) in [6.07, 6.45) is 33.1. The van der Waals surface area contributed by atoms with Crippen molar-refractivity contribution < 1.29 is 19.5 Å². The minimum absolute atomic E-state index is 0.0614. The van der Waals surface area contributed by atoms with Crippen LogP contribution in [0.25, 0.3) is 0 Å². The Balaban J connectivity index is 2.24. The first-order valence-corrected chi connectivity index (χ1v) is 16.5. The molecule has 0 heterocycles. The molecule has 0 bridgehead atoms. The number of carbonyl (C=O) groups excluding carboxylic acids is 3. The lowest BCUT2D eigenvalue weighted by atomic mass is 10.1. The Morgan fingerprint density at radius 1 is 0.766 bits per heavy atom. The van der Waals surface area contributed by atoms with Crippen molar-refractivity contribution in [1.29, 1.82) is 5.41 Å². The summed E-state index contributed by atoms with van der Waals surface area (Å²) >= 11 is 0. The predicted octanol–water partition coefficient (Wildman–Crippen LogP) is 5.46. The lowest BCUT2D eigenvalue weighted by Gasteiger charge is -2.19. The smallest absolute Gasteiger partial charge is 0.255 e. The van der Waals surface area contributed by atoms with Crippen LogP contribution >= 0.6 is 0 Å². The highest BCUT2D eigenvalue weighted by Crippen LogP contribution is 2.15. The van der Waals surface area contributed by atoms with Crippen molar-refractivity contribution in [3.05, 3.63) is 103 Å². The minimum atomic E-state index is -0.875. The molecule has 8 N–H and O–H groups in total. The quantitative estimate of drug-likeness (QED) is 0.0340. The van der Waals surface area contributed by atoms with Gasteiger partial charge in [0.15, 0.2) is 5.96 Å². The molecule has 0 saturated heterocycles. The molecular formula is C37H54N6O4. The maximum Gasteiger partial charge on any atom is 0.255 e. The summed E-state index contributed by atoms with van der Waals surface area (Å²) < 4.78 is 0. The molecule has 47 heavy (non-hydrogen) atoms. The van der Waals surface area contributed by atoms with E-state index in [0.29, 0.717) is 25.8 Å². The number of amides is 3. The number of carbonyl (C=O) groups is 3. The average Bonchev–Trinajstić information content (AvgIpc) is 3.05. The summed E-state index contributed by atoms with van der Waals surface area (Å²) in [7, 11) is 0. The Hall–Kier alpha value is -4.86. The minimum Gasteiger partial charge on any atom is -0.507 e. The molecule has 0 aromatic heterocycles. The molecule has 0 fully saturated rings. The second-order valence-electron chi connectivity index (χ2n) is 10.6. The van der Waals surface area contributed by atoms with Crippen LogP contribution in [0.4, 0.5) is 0 Å². The van der Waals surface area contributed by atoms with Gasteiger partial charge in [0, 0.05) is 26.1 Å². The first-order chi connectivity index (χ1) is 22.8. The lowest BCUT2D eigenvalue weighted by Crippen LogP contribution is -2.48. The first kappa shape index (κ1) is 40.2. The summed E-state index contributed by atoms with van der Waals surface area (Å²) in [4.78, 5) is 37.6. The molecule has 3 amide bonds. The normalized spacial score (nSPS) is 12.5. The van der Waals surface area contributed by atoms with Crippen LogP contribution in [0, 0.1) is 5.41 Å². The van der Waals surface area contributed by atoms with E-state index < -0.39 is 17.9 Å². The summed E-state index contributed by atoms with van der Waals surface area (Å²) in [6.45, 7) is 2.94. The number of phenols is 1. The number of nitrogens with one attached hydrogen (secondary N) is 5. The van der Waals surface area contributed by atoms with Crippen LogP contribution in [0.5, 0.6) is 5.75 Å². The van der Waals surface area contributed by atoms with E-state index in [9.17, 15) is 19.5 Å². The van der Waals surface area contributed by atoms with Crippen molar-refractivity contribution in [2.75, 3.05) is 19.6 Å². The Morgan fingerprint density at radius 2 is 1.30 bits per heavy atom. The first-order valence-electron chi connectivity index (χ1n) is 16.5. The van der Waals surface area contributed by atoms with Crippen molar-refractivity contribution >= 4 is 23.7 Å². The Bertz CT molecular complexity index is 1250. The fraction of sp³-hybridized carbons (Fsp3) is 0.405. The number of aromatic hydroxyl groups is 1. The molecular weight excluding hydrogens is 592 g/mol. The third-order valence-corrected chi connectivity index (χ3v) is 6.64. The van der Waals surface area contributed by atoms with E-state index in [1.165, 1.54) is 12.1 Å². The molecule has 0 radical (unpaired) electrons. The van der Waals surface area contributed by atoms with Gasteiger partial charge in [-0.15, -0.1) is 0 Å². The fourth-order valence-corrected chi connectivity index (χ4v) is 4.15. The highest BCUT2D eigenvalue weighted by Gasteiger charge is 2.22. The van der Waals surface area contributed by atoms with Crippen LogP contribution in [-0.4, -0.2) is 54.5 Å². The molecule has 1 aromatic carbocycles. The molecule has 10 heteroatoms. The van der Waals surface area contributed by atoms with Gasteiger partial charge in [0.1, 0.15) is 11.8 Å². The zero-order valence-electron chi connectivity index (χ0n) is 27.8. The monoisotopic (exact) mass is 646 g/mol. The number of rotatable bonds is 24. The molecule has 0 unspecified atom stereocenters. The number of nitrogens with two attached hydrogens (primary N) is 1. The number of hydrogen-bond donors (Lipinski definition) is 7. The molecule has 0 saturated carbocycles. The zero-order valence-corrected chi connectivity index (χ0v) is 27.8. The second kappa shape index (κ2) is 27.5. The molecule has 10 nitrogen and oxygen atoms in total. The van der Waals surface area contributed by atoms with Gasteiger partial charge in [-0.05, 0) is 69.9 Å². The van der Waals surface area contributed by atoms with Gasteiger partial charge in [-0.1, -0.05) is 92.0 Å². The van der Waals surface area contributed by atoms with E-state index in [-0.39, 0.29) is 42.7 Å². The number of allylic oxidation sites excluding steroid dienone is 12. The third-order valence-electron chi connectivity index (χ3n) is 6.64. The predicted molar refractivity (Wildman–Crippen MR) is 192 cm³/mol. The van der Waals surface area contributed by atoms with Crippen LogP contribution in [-0.2, 0) is 9.59 Å². The summed E-state index contributed by atoms with van der Waals surface area (Å²) in [5.74, 6) is -1.47. The van der Waals surface area contributed by atoms with Crippen LogP contribution < -0.4 is 27.0 Å². The lowest BCUT2D eigenvalue weighted by molar-refractivity contribution is -0.124. The van der Waals surface area contributed by atoms with Crippen molar-refractivity contribution in [3.63, 3.8) is 0 Å². The standard InChI is InChI=1S/C37H54N6O4/c1-2-3-4-5-6-7-8-9-10-11-12-13-14-15-16-17-18-19-20-27-34(45)40-29-30-41-36(47)32(25-23-28-42-37(38)39)43-35(46)31-24-21-22-26-33(31)44/h3-4,6-7,9-10,12-13,15-16,18-19,21-22,24,26,32,44H,2,5,8,11,14,17,20,23,25,27-30H2,1H3,(H,40,45)(H,41,47)(H,43,46)(H4,38,39,42)/b4-3-,7-6-,10-9-,13-12-,16-15-,19-18-/t32-/m0/s1. The highest BCUT2D eigenvalue weighted by atomic mass is 16.3. The number of phenolic OH excluding ortho intramolecular Hbond substituents is 1. The van der Waals surface area contributed by atoms with Gasteiger partial charge in [-0.25, -0.2) is 0 Å². The molecule has 0 aliphatic rings. The molecule has 1 aromatic rings. The van der Waals surface area contributed by atoms with Crippen LogP contribution in [0.15, 0.2) is 97.2 Å². The van der Waals surface area contributed by atoms with Crippen molar-refractivity contribution in [2.24, 2.45) is 5.73 Å². The van der Waals surface area contributed by atoms with Gasteiger partial charge in [0.25, 0.3) is 5.91 Å². The summed E-state index contributed by atoms with van der Waals surface area (Å²) in [6, 6.07) is 5.20. The number of hydrogen-bond acceptors (Lipinski definition) is 5. The van der Waals surface area contributed by atoms with Crippen LogP contribution in [0.2, 0.25) is 0 Å². The number of guanidine groups is 1. The van der Waals surface area contributed by atoms with Crippen molar-refractivity contribution in [1.82, 2.24) is 21.3 Å². The van der Waals surface area contributed by atoms with E-state index in [1.54, 1.807) is 12.1 Å². The van der Waals surface area contributed by atoms with Gasteiger partial charge < -0.3 is 32.1 Å². The largest absolute Gasteiger partial charge is 0.507 e. The molecule has 1 atom stereocenters. The Labute approximate surface area is 280 Å². The molecule has 0 aliphatic heterocycles. The maximum absolute atomic E-state index is 12.8. The van der Waals surface area contributed by atoms with Gasteiger partial charge in [0.05, 0.1) is 5.56 Å². The van der Waals surface area contributed by atoms with E-state index in [1.807, 2.05) is 12.2 Å². The molecule has 0 spiro atoms. The molecule has 1 rings (SSSR count). The Kier molecular flexibility index (Phi) is 23.5.